The number of ether oxygens (including phenoxy) is 1. The predicted octanol–water partition coefficient (Wildman–Crippen LogP) is 1.54. The molecule has 118 valence electrons. The van der Waals surface area contributed by atoms with Crippen LogP contribution in [0.4, 0.5) is 4.39 Å². The Labute approximate surface area is 132 Å². The van der Waals surface area contributed by atoms with Gasteiger partial charge >= 0.3 is 0 Å². The fourth-order valence-electron chi connectivity index (χ4n) is 2.19. The van der Waals surface area contributed by atoms with Crippen LogP contribution in [0.3, 0.4) is 0 Å². The van der Waals surface area contributed by atoms with E-state index in [-0.39, 0.29) is 29.4 Å². The van der Waals surface area contributed by atoms with Crippen LogP contribution in [0.25, 0.3) is 0 Å². The standard InChI is InChI=1S/C15H12FN3O3S/c16-13-5-1-2-6-14(13)23(20,21)19-9-12(10-19)22-15-11(8-17)4-3-7-18-15/h1-7,12H,9-10H2. The number of rotatable bonds is 4. The molecule has 1 aromatic heterocycles. The second-order valence-electron chi connectivity index (χ2n) is 4.96. The highest BCUT2D eigenvalue weighted by Crippen LogP contribution is 2.26. The van der Waals surface area contributed by atoms with Gasteiger partial charge in [0.05, 0.1) is 13.1 Å². The second kappa shape index (κ2) is 5.95. The molecule has 1 saturated heterocycles. The molecule has 0 spiro atoms. The van der Waals surface area contributed by atoms with E-state index < -0.39 is 21.9 Å². The van der Waals surface area contributed by atoms with Gasteiger partial charge in [-0.1, -0.05) is 12.1 Å². The molecule has 0 amide bonds. The molecule has 1 aliphatic heterocycles. The van der Waals surface area contributed by atoms with Crippen molar-refractivity contribution < 1.29 is 17.5 Å². The van der Waals surface area contributed by atoms with Crippen molar-refractivity contribution in [2.24, 2.45) is 0 Å². The maximum absolute atomic E-state index is 13.7. The lowest BCUT2D eigenvalue weighted by Gasteiger charge is -2.37. The van der Waals surface area contributed by atoms with Gasteiger partial charge in [-0.25, -0.2) is 17.8 Å². The molecule has 3 rings (SSSR count). The average molecular weight is 333 g/mol. The molecule has 0 bridgehead atoms. The van der Waals surface area contributed by atoms with Crippen LogP contribution in [-0.4, -0.2) is 36.9 Å². The van der Waals surface area contributed by atoms with Crippen LogP contribution in [0.5, 0.6) is 5.88 Å². The topological polar surface area (TPSA) is 83.3 Å². The summed E-state index contributed by atoms with van der Waals surface area (Å²) in [6.07, 6.45) is 1.07. The van der Waals surface area contributed by atoms with Gasteiger partial charge in [0, 0.05) is 6.20 Å². The summed E-state index contributed by atoms with van der Waals surface area (Å²) in [5.41, 5.74) is 0.280. The zero-order valence-corrected chi connectivity index (χ0v) is 12.7. The van der Waals surface area contributed by atoms with E-state index in [0.29, 0.717) is 0 Å². The monoisotopic (exact) mass is 333 g/mol. The number of sulfonamides is 1. The first-order valence-electron chi connectivity index (χ1n) is 6.79. The summed E-state index contributed by atoms with van der Waals surface area (Å²) in [7, 11) is -3.88. The SMILES string of the molecule is N#Cc1cccnc1OC1CN(S(=O)(=O)c2ccccc2F)C1. The molecule has 0 radical (unpaired) electrons. The van der Waals surface area contributed by atoms with Crippen molar-refractivity contribution in [2.45, 2.75) is 11.0 Å². The number of hydrogen-bond donors (Lipinski definition) is 0. The Morgan fingerprint density at radius 2 is 2.00 bits per heavy atom. The maximum atomic E-state index is 13.7. The number of hydrogen-bond acceptors (Lipinski definition) is 5. The first-order valence-corrected chi connectivity index (χ1v) is 8.23. The number of nitriles is 1. The number of benzene rings is 1. The fraction of sp³-hybridized carbons (Fsp3) is 0.200. The van der Waals surface area contributed by atoms with Gasteiger partial charge < -0.3 is 4.74 Å². The van der Waals surface area contributed by atoms with Crippen molar-refractivity contribution in [1.82, 2.24) is 9.29 Å². The third kappa shape index (κ3) is 2.88. The van der Waals surface area contributed by atoms with Gasteiger partial charge in [-0.2, -0.15) is 9.57 Å². The minimum atomic E-state index is -3.88. The summed E-state index contributed by atoms with van der Waals surface area (Å²) >= 11 is 0. The van der Waals surface area contributed by atoms with Crippen LogP contribution < -0.4 is 4.74 Å². The highest BCUT2D eigenvalue weighted by atomic mass is 32.2. The van der Waals surface area contributed by atoms with Gasteiger partial charge in [0.2, 0.25) is 15.9 Å². The quantitative estimate of drug-likeness (QED) is 0.847. The summed E-state index contributed by atoms with van der Waals surface area (Å²) < 4.78 is 45.0. The Kier molecular flexibility index (Phi) is 3.98. The van der Waals surface area contributed by atoms with Crippen molar-refractivity contribution in [3.8, 4) is 11.9 Å². The van der Waals surface area contributed by atoms with Gasteiger partial charge in [-0.15, -0.1) is 0 Å². The normalized spacial score (nSPS) is 15.7. The number of nitrogens with zero attached hydrogens (tertiary/aromatic N) is 3. The zero-order valence-electron chi connectivity index (χ0n) is 11.9. The predicted molar refractivity (Wildman–Crippen MR) is 78.5 cm³/mol. The minimum absolute atomic E-state index is 0.0815. The Morgan fingerprint density at radius 1 is 1.26 bits per heavy atom. The molecule has 0 atom stereocenters. The van der Waals surface area contributed by atoms with E-state index in [1.807, 2.05) is 6.07 Å². The third-order valence-corrected chi connectivity index (χ3v) is 5.30. The molecule has 2 aromatic rings. The van der Waals surface area contributed by atoms with E-state index in [1.54, 1.807) is 12.1 Å². The molecule has 1 aromatic carbocycles. The largest absolute Gasteiger partial charge is 0.471 e. The lowest BCUT2D eigenvalue weighted by atomic mass is 10.2. The molecular formula is C15H12FN3O3S. The van der Waals surface area contributed by atoms with Crippen molar-refractivity contribution in [1.29, 1.82) is 5.26 Å². The Bertz CT molecular complexity index is 874. The minimum Gasteiger partial charge on any atom is -0.471 e. The van der Waals surface area contributed by atoms with E-state index in [0.717, 1.165) is 10.4 Å². The number of halogens is 1. The summed E-state index contributed by atoms with van der Waals surface area (Å²) in [6.45, 7) is 0.163. The molecule has 0 N–H and O–H groups in total. The molecule has 1 fully saturated rings. The highest BCUT2D eigenvalue weighted by Gasteiger charge is 2.39. The Balaban J connectivity index is 1.70. The summed E-state index contributed by atoms with van der Waals surface area (Å²) in [5, 5.41) is 8.96. The fourth-order valence-corrected chi connectivity index (χ4v) is 3.76. The summed E-state index contributed by atoms with van der Waals surface area (Å²) in [5.74, 6) is -0.615. The average Bonchev–Trinajstić information content (AvgIpc) is 2.50. The van der Waals surface area contributed by atoms with Crippen molar-refractivity contribution in [2.75, 3.05) is 13.1 Å². The molecule has 2 heterocycles. The first kappa shape index (κ1) is 15.4. The Morgan fingerprint density at radius 3 is 2.70 bits per heavy atom. The van der Waals surface area contributed by atoms with Gasteiger partial charge in [0.15, 0.2) is 0 Å². The van der Waals surface area contributed by atoms with Crippen molar-refractivity contribution in [3.05, 3.63) is 54.0 Å². The first-order chi connectivity index (χ1) is 11.0. The van der Waals surface area contributed by atoms with Gasteiger partial charge in [-0.05, 0) is 24.3 Å². The molecular weight excluding hydrogens is 321 g/mol. The van der Waals surface area contributed by atoms with E-state index >= 15 is 0 Å². The van der Waals surface area contributed by atoms with E-state index in [9.17, 15) is 12.8 Å². The van der Waals surface area contributed by atoms with Crippen LogP contribution in [0.1, 0.15) is 5.56 Å². The van der Waals surface area contributed by atoms with Crippen LogP contribution in [0.2, 0.25) is 0 Å². The number of aromatic nitrogens is 1. The zero-order chi connectivity index (χ0) is 16.4. The van der Waals surface area contributed by atoms with E-state index in [1.165, 1.54) is 24.4 Å². The highest BCUT2D eigenvalue weighted by molar-refractivity contribution is 7.89. The van der Waals surface area contributed by atoms with Crippen molar-refractivity contribution >= 4 is 10.0 Å². The van der Waals surface area contributed by atoms with Crippen LogP contribution in [0, 0.1) is 17.1 Å². The third-order valence-electron chi connectivity index (χ3n) is 3.44. The second-order valence-corrected chi connectivity index (χ2v) is 6.87. The molecule has 0 unspecified atom stereocenters. The number of pyridine rings is 1. The lowest BCUT2D eigenvalue weighted by Crippen LogP contribution is -2.56. The summed E-state index contributed by atoms with van der Waals surface area (Å²) in [6, 6.07) is 10.4. The molecule has 6 nitrogen and oxygen atoms in total. The lowest BCUT2D eigenvalue weighted by molar-refractivity contribution is 0.0716. The maximum Gasteiger partial charge on any atom is 0.246 e. The van der Waals surface area contributed by atoms with Crippen LogP contribution in [-0.2, 0) is 10.0 Å². The molecule has 0 saturated carbocycles. The Hall–Kier alpha value is -2.50. The smallest absolute Gasteiger partial charge is 0.246 e. The van der Waals surface area contributed by atoms with Crippen LogP contribution >= 0.6 is 0 Å². The van der Waals surface area contributed by atoms with Gasteiger partial charge in [-0.3, -0.25) is 0 Å². The molecule has 8 heteroatoms. The van der Waals surface area contributed by atoms with E-state index in [4.69, 9.17) is 10.00 Å². The molecule has 0 aliphatic carbocycles. The van der Waals surface area contributed by atoms with Crippen molar-refractivity contribution in [3.63, 3.8) is 0 Å². The van der Waals surface area contributed by atoms with Crippen LogP contribution in [0.15, 0.2) is 47.5 Å². The van der Waals surface area contributed by atoms with E-state index in [2.05, 4.69) is 4.98 Å². The van der Waals surface area contributed by atoms with Gasteiger partial charge in [0.1, 0.15) is 28.4 Å². The summed E-state index contributed by atoms with van der Waals surface area (Å²) in [4.78, 5) is 3.61. The molecule has 1 aliphatic rings. The molecule has 23 heavy (non-hydrogen) atoms. The van der Waals surface area contributed by atoms with Gasteiger partial charge in [0.25, 0.3) is 0 Å².